The fourth-order valence-electron chi connectivity index (χ4n) is 2.64. The molecular formula is C19H19FN2O4. The Morgan fingerprint density at radius 3 is 2.62 bits per heavy atom. The highest BCUT2D eigenvalue weighted by molar-refractivity contribution is 5.95. The number of benzene rings is 1. The van der Waals surface area contributed by atoms with E-state index in [2.05, 4.69) is 5.32 Å². The third kappa shape index (κ3) is 3.61. The topological polar surface area (TPSA) is 73.5 Å². The molecule has 7 heteroatoms. The minimum absolute atomic E-state index is 0.220. The SMILES string of the molecule is Cc1cc2c(cc(C(=O)O[C@H](C)C(=O)NCc3ccc(F)cc3)n2C)o1. The number of aromatic nitrogens is 1. The van der Waals surface area contributed by atoms with Crippen LogP contribution in [0.25, 0.3) is 11.1 Å². The van der Waals surface area contributed by atoms with Crippen LogP contribution in [-0.2, 0) is 23.1 Å². The number of fused-ring (bicyclic) bond motifs is 1. The molecule has 3 rings (SSSR count). The van der Waals surface area contributed by atoms with Crippen molar-refractivity contribution in [3.8, 4) is 0 Å². The highest BCUT2D eigenvalue weighted by Gasteiger charge is 2.22. The molecule has 0 aliphatic rings. The third-order valence-electron chi connectivity index (χ3n) is 4.10. The summed E-state index contributed by atoms with van der Waals surface area (Å²) < 4.78 is 25.3. The Hall–Kier alpha value is -3.09. The van der Waals surface area contributed by atoms with E-state index in [9.17, 15) is 14.0 Å². The zero-order valence-electron chi connectivity index (χ0n) is 14.7. The average molecular weight is 358 g/mol. The monoisotopic (exact) mass is 358 g/mol. The van der Waals surface area contributed by atoms with Crippen molar-refractivity contribution in [1.82, 2.24) is 9.88 Å². The number of nitrogens with one attached hydrogen (secondary N) is 1. The second-order valence-corrected chi connectivity index (χ2v) is 6.09. The lowest BCUT2D eigenvalue weighted by Gasteiger charge is -2.14. The summed E-state index contributed by atoms with van der Waals surface area (Å²) in [6, 6.07) is 9.20. The predicted molar refractivity (Wildman–Crippen MR) is 93.0 cm³/mol. The van der Waals surface area contributed by atoms with Crippen LogP contribution < -0.4 is 5.32 Å². The number of ether oxygens (including phenoxy) is 1. The average Bonchev–Trinajstić information content (AvgIpc) is 3.11. The first-order valence-corrected chi connectivity index (χ1v) is 8.14. The van der Waals surface area contributed by atoms with E-state index in [-0.39, 0.29) is 12.4 Å². The number of carbonyl (C=O) groups is 2. The molecule has 1 atom stereocenters. The van der Waals surface area contributed by atoms with Gasteiger partial charge in [0.2, 0.25) is 0 Å². The molecule has 3 aromatic rings. The number of hydrogen-bond acceptors (Lipinski definition) is 4. The van der Waals surface area contributed by atoms with Gasteiger partial charge in [-0.25, -0.2) is 9.18 Å². The summed E-state index contributed by atoms with van der Waals surface area (Å²) in [5, 5.41) is 2.65. The molecule has 2 aromatic heterocycles. The first-order chi connectivity index (χ1) is 12.3. The Morgan fingerprint density at radius 2 is 1.96 bits per heavy atom. The van der Waals surface area contributed by atoms with Gasteiger partial charge >= 0.3 is 5.97 Å². The summed E-state index contributed by atoms with van der Waals surface area (Å²) in [6.07, 6.45) is -0.967. The number of aryl methyl sites for hydroxylation is 2. The Labute approximate surface area is 149 Å². The molecular weight excluding hydrogens is 339 g/mol. The van der Waals surface area contributed by atoms with Gasteiger partial charge in [-0.2, -0.15) is 0 Å². The van der Waals surface area contributed by atoms with Crippen LogP contribution in [0.5, 0.6) is 0 Å². The van der Waals surface area contributed by atoms with Crippen LogP contribution in [0.3, 0.4) is 0 Å². The quantitative estimate of drug-likeness (QED) is 0.712. The van der Waals surface area contributed by atoms with Crippen molar-refractivity contribution < 1.29 is 23.1 Å². The lowest BCUT2D eigenvalue weighted by molar-refractivity contribution is -0.129. The van der Waals surface area contributed by atoms with E-state index < -0.39 is 18.0 Å². The van der Waals surface area contributed by atoms with Crippen LogP contribution in [0, 0.1) is 12.7 Å². The minimum atomic E-state index is -0.967. The maximum Gasteiger partial charge on any atom is 0.355 e. The number of halogens is 1. The van der Waals surface area contributed by atoms with E-state index in [1.807, 2.05) is 13.0 Å². The van der Waals surface area contributed by atoms with Crippen LogP contribution in [0.2, 0.25) is 0 Å². The molecule has 0 aliphatic heterocycles. The smallest absolute Gasteiger partial charge is 0.355 e. The Bertz CT molecular complexity index is 956. The first-order valence-electron chi connectivity index (χ1n) is 8.14. The van der Waals surface area contributed by atoms with E-state index in [4.69, 9.17) is 9.15 Å². The number of furan rings is 1. The van der Waals surface area contributed by atoms with Gasteiger partial charge in [0.05, 0.1) is 5.52 Å². The van der Waals surface area contributed by atoms with Crippen LogP contribution in [0.15, 0.2) is 40.8 Å². The van der Waals surface area contributed by atoms with Crippen molar-refractivity contribution in [1.29, 1.82) is 0 Å². The molecule has 1 aromatic carbocycles. The molecule has 1 N–H and O–H groups in total. The van der Waals surface area contributed by atoms with Crippen molar-refractivity contribution in [3.63, 3.8) is 0 Å². The predicted octanol–water partition coefficient (Wildman–Crippen LogP) is 3.08. The number of rotatable bonds is 5. The van der Waals surface area contributed by atoms with Crippen molar-refractivity contribution in [2.24, 2.45) is 7.05 Å². The van der Waals surface area contributed by atoms with Crippen LogP contribution >= 0.6 is 0 Å². The molecule has 0 saturated heterocycles. The van der Waals surface area contributed by atoms with E-state index in [1.165, 1.54) is 19.1 Å². The van der Waals surface area contributed by atoms with Crippen molar-refractivity contribution in [3.05, 3.63) is 59.2 Å². The highest BCUT2D eigenvalue weighted by atomic mass is 19.1. The Balaban J connectivity index is 1.60. The van der Waals surface area contributed by atoms with Crippen molar-refractivity contribution in [2.45, 2.75) is 26.5 Å². The normalized spacial score (nSPS) is 12.2. The number of nitrogens with zero attached hydrogens (tertiary/aromatic N) is 1. The molecule has 6 nitrogen and oxygen atoms in total. The Kier molecular flexibility index (Phi) is 4.79. The van der Waals surface area contributed by atoms with Crippen LogP contribution in [0.4, 0.5) is 4.39 Å². The zero-order valence-corrected chi connectivity index (χ0v) is 14.7. The maximum absolute atomic E-state index is 12.9. The number of amides is 1. The number of carbonyl (C=O) groups excluding carboxylic acids is 2. The zero-order chi connectivity index (χ0) is 18.8. The summed E-state index contributed by atoms with van der Waals surface area (Å²) in [6.45, 7) is 3.54. The maximum atomic E-state index is 12.9. The number of hydrogen-bond donors (Lipinski definition) is 1. The molecule has 26 heavy (non-hydrogen) atoms. The van der Waals surface area contributed by atoms with Gasteiger partial charge in [0.1, 0.15) is 17.3 Å². The molecule has 0 bridgehead atoms. The molecule has 0 radical (unpaired) electrons. The van der Waals surface area contributed by atoms with Gasteiger partial charge in [-0.05, 0) is 31.5 Å². The highest BCUT2D eigenvalue weighted by Crippen LogP contribution is 2.23. The lowest BCUT2D eigenvalue weighted by atomic mass is 10.2. The fourth-order valence-corrected chi connectivity index (χ4v) is 2.64. The molecule has 0 aliphatic carbocycles. The van der Waals surface area contributed by atoms with Gasteiger partial charge in [-0.3, -0.25) is 4.79 Å². The van der Waals surface area contributed by atoms with Gasteiger partial charge in [0.25, 0.3) is 5.91 Å². The first kappa shape index (κ1) is 17.7. The van der Waals surface area contributed by atoms with Crippen molar-refractivity contribution >= 4 is 23.0 Å². The summed E-state index contributed by atoms with van der Waals surface area (Å²) in [5.74, 6) is -0.637. The van der Waals surface area contributed by atoms with Gasteiger partial charge in [-0.15, -0.1) is 0 Å². The molecule has 1 amide bonds. The molecule has 0 fully saturated rings. The van der Waals surface area contributed by atoms with Gasteiger partial charge in [0.15, 0.2) is 11.7 Å². The van der Waals surface area contributed by atoms with Crippen molar-refractivity contribution in [2.75, 3.05) is 0 Å². The second-order valence-electron chi connectivity index (χ2n) is 6.09. The van der Waals surface area contributed by atoms with Crippen LogP contribution in [0.1, 0.15) is 28.7 Å². The fraction of sp³-hybridized carbons (Fsp3) is 0.263. The summed E-state index contributed by atoms with van der Waals surface area (Å²) in [5.41, 5.74) is 2.42. The van der Waals surface area contributed by atoms with E-state index >= 15 is 0 Å². The lowest BCUT2D eigenvalue weighted by Crippen LogP contribution is -2.35. The summed E-state index contributed by atoms with van der Waals surface area (Å²) in [7, 11) is 1.73. The molecule has 2 heterocycles. The molecule has 0 saturated carbocycles. The van der Waals surface area contributed by atoms with Gasteiger partial charge in [-0.1, -0.05) is 12.1 Å². The molecule has 0 unspecified atom stereocenters. The largest absolute Gasteiger partial charge is 0.460 e. The van der Waals surface area contributed by atoms with Gasteiger partial charge in [0, 0.05) is 25.7 Å². The summed E-state index contributed by atoms with van der Waals surface area (Å²) >= 11 is 0. The molecule has 136 valence electrons. The van der Waals surface area contributed by atoms with E-state index in [1.54, 1.807) is 29.8 Å². The van der Waals surface area contributed by atoms with Gasteiger partial charge < -0.3 is 19.0 Å². The summed E-state index contributed by atoms with van der Waals surface area (Å²) in [4.78, 5) is 24.5. The van der Waals surface area contributed by atoms with E-state index in [0.29, 0.717) is 11.3 Å². The number of esters is 1. The minimum Gasteiger partial charge on any atom is -0.460 e. The van der Waals surface area contributed by atoms with E-state index in [0.717, 1.165) is 16.8 Å². The third-order valence-corrected chi connectivity index (χ3v) is 4.10. The van der Waals surface area contributed by atoms with Crippen LogP contribution in [-0.4, -0.2) is 22.5 Å². The standard InChI is InChI=1S/C19H19FN2O4/c1-11-8-15-17(25-11)9-16(22(15)3)19(24)26-12(2)18(23)21-10-13-4-6-14(20)7-5-13/h4-9,12H,10H2,1-3H3,(H,21,23)/t12-/m1/s1. The molecule has 0 spiro atoms. The Morgan fingerprint density at radius 1 is 1.27 bits per heavy atom. The second kappa shape index (κ2) is 7.03.